The number of methoxy groups -OCH3 is 3. The maximum atomic E-state index is 11.6. The van der Waals surface area contributed by atoms with E-state index in [2.05, 4.69) is 20.1 Å². The number of nitrogens with one attached hydrogen (secondary N) is 1. The van der Waals surface area contributed by atoms with Gasteiger partial charge in [0.05, 0.1) is 27.2 Å². The number of rotatable bonds is 7. The fourth-order valence-corrected chi connectivity index (χ4v) is 3.23. The molecule has 1 fully saturated rings. The van der Waals surface area contributed by atoms with Crippen LogP contribution in [-0.2, 0) is 16.1 Å². The zero-order chi connectivity index (χ0) is 20.5. The van der Waals surface area contributed by atoms with Crippen molar-refractivity contribution in [1.29, 1.82) is 0 Å². The molecule has 1 aliphatic heterocycles. The number of esters is 1. The summed E-state index contributed by atoms with van der Waals surface area (Å²) in [4.78, 5) is 20.5. The largest absolute Gasteiger partial charge is 0.497 e. The Balaban J connectivity index is 1.89. The third kappa shape index (κ3) is 5.76. The average Bonchev–Trinajstić information content (AvgIpc) is 2.74. The average molecular weight is 393 g/mol. The second-order valence-electron chi connectivity index (χ2n) is 6.79. The second kappa shape index (κ2) is 10.8. The summed E-state index contributed by atoms with van der Waals surface area (Å²) >= 11 is 0. The van der Waals surface area contributed by atoms with E-state index in [4.69, 9.17) is 14.2 Å². The molecule has 1 aromatic rings. The molecule has 8 nitrogen and oxygen atoms in total. The van der Waals surface area contributed by atoms with Crippen LogP contribution in [0.1, 0.15) is 12.5 Å². The van der Waals surface area contributed by atoms with E-state index in [0.29, 0.717) is 6.54 Å². The Morgan fingerprint density at radius 2 is 1.89 bits per heavy atom. The molecule has 1 aromatic carbocycles. The third-order valence-corrected chi connectivity index (χ3v) is 4.94. The Morgan fingerprint density at radius 1 is 1.18 bits per heavy atom. The Hall–Kier alpha value is -2.48. The van der Waals surface area contributed by atoms with E-state index in [-0.39, 0.29) is 11.9 Å². The number of hydrogen-bond acceptors (Lipinski definition) is 6. The van der Waals surface area contributed by atoms with E-state index in [1.165, 1.54) is 7.11 Å². The van der Waals surface area contributed by atoms with Crippen LogP contribution < -0.4 is 14.8 Å². The van der Waals surface area contributed by atoms with Gasteiger partial charge in [0.15, 0.2) is 5.96 Å². The molecule has 0 spiro atoms. The first-order chi connectivity index (χ1) is 13.5. The SMILES string of the molecule is CN=C(NCC(C)C(=O)OC)N1CCN(Cc2cc(OC)ccc2OC)CC1. The summed E-state index contributed by atoms with van der Waals surface area (Å²) < 4.78 is 15.6. The van der Waals surface area contributed by atoms with Crippen LogP contribution in [0.2, 0.25) is 0 Å². The highest BCUT2D eigenvalue weighted by atomic mass is 16.5. The highest BCUT2D eigenvalue weighted by Gasteiger charge is 2.22. The van der Waals surface area contributed by atoms with Gasteiger partial charge in [0, 0.05) is 51.9 Å². The smallest absolute Gasteiger partial charge is 0.310 e. The van der Waals surface area contributed by atoms with Gasteiger partial charge in [-0.15, -0.1) is 0 Å². The lowest BCUT2D eigenvalue weighted by molar-refractivity contribution is -0.144. The summed E-state index contributed by atoms with van der Waals surface area (Å²) in [6.07, 6.45) is 0. The van der Waals surface area contributed by atoms with E-state index in [9.17, 15) is 4.79 Å². The highest BCUT2D eigenvalue weighted by molar-refractivity contribution is 5.81. The topological polar surface area (TPSA) is 75.6 Å². The first-order valence-corrected chi connectivity index (χ1v) is 9.49. The molecule has 156 valence electrons. The molecule has 2 rings (SSSR count). The van der Waals surface area contributed by atoms with Crippen LogP contribution in [0.15, 0.2) is 23.2 Å². The molecular formula is C20H32N4O4. The normalized spacial score (nSPS) is 16.5. The summed E-state index contributed by atoms with van der Waals surface area (Å²) in [7, 11) is 6.53. The van der Waals surface area contributed by atoms with Crippen molar-refractivity contribution in [3.8, 4) is 11.5 Å². The monoisotopic (exact) mass is 392 g/mol. The number of carbonyl (C=O) groups excluding carboxylic acids is 1. The van der Waals surface area contributed by atoms with E-state index in [0.717, 1.165) is 55.7 Å². The van der Waals surface area contributed by atoms with Crippen LogP contribution in [0.5, 0.6) is 11.5 Å². The van der Waals surface area contributed by atoms with Gasteiger partial charge >= 0.3 is 5.97 Å². The summed E-state index contributed by atoms with van der Waals surface area (Å²) in [6, 6.07) is 5.88. The number of piperazine rings is 1. The summed E-state index contributed by atoms with van der Waals surface area (Å²) in [5, 5.41) is 3.27. The maximum absolute atomic E-state index is 11.6. The van der Waals surface area contributed by atoms with Crippen LogP contribution in [0.3, 0.4) is 0 Å². The molecule has 1 aliphatic rings. The highest BCUT2D eigenvalue weighted by Crippen LogP contribution is 2.25. The third-order valence-electron chi connectivity index (χ3n) is 4.94. The molecule has 0 aromatic heterocycles. The Bertz CT molecular complexity index is 672. The zero-order valence-electron chi connectivity index (χ0n) is 17.5. The second-order valence-corrected chi connectivity index (χ2v) is 6.79. The number of carbonyl (C=O) groups is 1. The van der Waals surface area contributed by atoms with Gasteiger partial charge in [-0.1, -0.05) is 6.92 Å². The standard InChI is InChI=1S/C20H32N4O4/c1-15(19(25)28-5)13-22-20(21-2)24-10-8-23(9-11-24)14-16-12-17(26-3)6-7-18(16)27-4/h6-7,12,15H,8-11,13-14H2,1-5H3,(H,21,22). The van der Waals surface area contributed by atoms with Crippen molar-refractivity contribution in [2.75, 3.05) is 61.1 Å². The first-order valence-electron chi connectivity index (χ1n) is 9.49. The Labute approximate surface area is 167 Å². The van der Waals surface area contributed by atoms with Crippen molar-refractivity contribution in [2.24, 2.45) is 10.9 Å². The fraction of sp³-hybridized carbons (Fsp3) is 0.600. The predicted octanol–water partition coefficient (Wildman–Crippen LogP) is 1.21. The summed E-state index contributed by atoms with van der Waals surface area (Å²) in [5.41, 5.74) is 1.12. The number of hydrogen-bond donors (Lipinski definition) is 1. The van der Waals surface area contributed by atoms with Crippen molar-refractivity contribution in [3.05, 3.63) is 23.8 Å². The number of ether oxygens (including phenoxy) is 3. The summed E-state index contributed by atoms with van der Waals surface area (Å²) in [6.45, 7) is 6.68. The van der Waals surface area contributed by atoms with Gasteiger partial charge in [-0.25, -0.2) is 0 Å². The zero-order valence-corrected chi connectivity index (χ0v) is 17.5. The molecule has 0 amide bonds. The lowest BCUT2D eigenvalue weighted by Gasteiger charge is -2.36. The van der Waals surface area contributed by atoms with E-state index >= 15 is 0 Å². The first kappa shape index (κ1) is 21.8. The molecule has 0 aliphatic carbocycles. The van der Waals surface area contributed by atoms with E-state index in [1.54, 1.807) is 21.3 Å². The van der Waals surface area contributed by atoms with Crippen LogP contribution in [0.4, 0.5) is 0 Å². The van der Waals surface area contributed by atoms with Crippen molar-refractivity contribution in [3.63, 3.8) is 0 Å². The number of benzene rings is 1. The van der Waals surface area contributed by atoms with Gasteiger partial charge < -0.3 is 24.4 Å². The van der Waals surface area contributed by atoms with Gasteiger partial charge in [0.25, 0.3) is 0 Å². The van der Waals surface area contributed by atoms with Crippen molar-refractivity contribution >= 4 is 11.9 Å². The van der Waals surface area contributed by atoms with Gasteiger partial charge in [0.2, 0.25) is 0 Å². The van der Waals surface area contributed by atoms with E-state index in [1.807, 2.05) is 25.1 Å². The molecule has 1 atom stereocenters. The van der Waals surface area contributed by atoms with Crippen LogP contribution in [-0.4, -0.2) is 82.8 Å². The minimum atomic E-state index is -0.222. The lowest BCUT2D eigenvalue weighted by atomic mass is 10.1. The Kier molecular flexibility index (Phi) is 8.38. The maximum Gasteiger partial charge on any atom is 0.310 e. The Morgan fingerprint density at radius 3 is 2.46 bits per heavy atom. The molecular weight excluding hydrogens is 360 g/mol. The molecule has 1 N–H and O–H groups in total. The number of aliphatic imine (C=N–C) groups is 1. The fourth-order valence-electron chi connectivity index (χ4n) is 3.23. The van der Waals surface area contributed by atoms with Crippen molar-refractivity contribution in [2.45, 2.75) is 13.5 Å². The van der Waals surface area contributed by atoms with Crippen molar-refractivity contribution in [1.82, 2.24) is 15.1 Å². The molecule has 1 unspecified atom stereocenters. The van der Waals surface area contributed by atoms with Gasteiger partial charge in [-0.05, 0) is 18.2 Å². The number of nitrogens with zero attached hydrogens (tertiary/aromatic N) is 3. The van der Waals surface area contributed by atoms with Crippen LogP contribution in [0.25, 0.3) is 0 Å². The van der Waals surface area contributed by atoms with Crippen LogP contribution in [0, 0.1) is 5.92 Å². The minimum Gasteiger partial charge on any atom is -0.497 e. The number of guanidine groups is 1. The quantitative estimate of drug-likeness (QED) is 0.425. The molecule has 28 heavy (non-hydrogen) atoms. The molecule has 0 saturated carbocycles. The van der Waals surface area contributed by atoms with Crippen molar-refractivity contribution < 1.29 is 19.0 Å². The van der Waals surface area contributed by atoms with Gasteiger partial charge in [-0.3, -0.25) is 14.7 Å². The molecule has 0 bridgehead atoms. The predicted molar refractivity (Wildman–Crippen MR) is 109 cm³/mol. The molecule has 8 heteroatoms. The molecule has 0 radical (unpaired) electrons. The molecule has 1 saturated heterocycles. The van der Waals surface area contributed by atoms with Crippen LogP contribution >= 0.6 is 0 Å². The van der Waals surface area contributed by atoms with Gasteiger partial charge in [0.1, 0.15) is 11.5 Å². The van der Waals surface area contributed by atoms with Gasteiger partial charge in [-0.2, -0.15) is 0 Å². The summed E-state index contributed by atoms with van der Waals surface area (Å²) in [5.74, 6) is 2.08. The lowest BCUT2D eigenvalue weighted by Crippen LogP contribution is -2.52. The minimum absolute atomic E-state index is 0.219. The molecule has 1 heterocycles. The van der Waals surface area contributed by atoms with E-state index < -0.39 is 0 Å².